The summed E-state index contributed by atoms with van der Waals surface area (Å²) in [4.78, 5) is 6.58. The quantitative estimate of drug-likeness (QED) is 0.774. The molecule has 0 bridgehead atoms. The largest absolute Gasteiger partial charge is 0.337 e. The Morgan fingerprint density at radius 2 is 2.00 bits per heavy atom. The van der Waals surface area contributed by atoms with E-state index < -0.39 is 10.0 Å². The Hall–Kier alpha value is -1.70. The Balaban J connectivity index is 1.64. The average molecular weight is 377 g/mol. The summed E-state index contributed by atoms with van der Waals surface area (Å²) < 4.78 is 29.1. The van der Waals surface area contributed by atoms with Crippen molar-refractivity contribution in [3.05, 3.63) is 47.9 Å². The van der Waals surface area contributed by atoms with Crippen LogP contribution in [0, 0.1) is 6.92 Å². The van der Waals surface area contributed by atoms with Gasteiger partial charge in [0, 0.05) is 39.4 Å². The lowest BCUT2D eigenvalue weighted by Crippen LogP contribution is -2.48. The molecule has 1 aliphatic rings. The molecule has 0 N–H and O–H groups in total. The van der Waals surface area contributed by atoms with Gasteiger partial charge < -0.3 is 9.47 Å². The van der Waals surface area contributed by atoms with E-state index in [1.807, 2.05) is 20.0 Å². The smallest absolute Gasteiger partial charge is 0.262 e. The zero-order valence-electron chi connectivity index (χ0n) is 15.8. The summed E-state index contributed by atoms with van der Waals surface area (Å²) in [6, 6.07) is 10.4. The Labute approximate surface area is 156 Å². The number of likely N-dealkylation sites (tertiary alicyclic amines) is 1. The Kier molecular flexibility index (Phi) is 5.79. The van der Waals surface area contributed by atoms with Gasteiger partial charge in [-0.3, -0.25) is 0 Å². The Bertz CT molecular complexity index is 813. The van der Waals surface area contributed by atoms with Gasteiger partial charge >= 0.3 is 0 Å². The summed E-state index contributed by atoms with van der Waals surface area (Å²) >= 11 is 0. The fourth-order valence-electron chi connectivity index (χ4n) is 3.46. The molecule has 7 heteroatoms. The third kappa shape index (κ3) is 4.16. The average Bonchev–Trinajstić information content (AvgIpc) is 3.00. The SMILES string of the molecule is Cc1nc(S(=O)(=O)N(C)C2CCCN(CCc3ccccc3)C2)cn1C. The number of piperidine rings is 1. The van der Waals surface area contributed by atoms with Gasteiger partial charge in [-0.25, -0.2) is 13.4 Å². The van der Waals surface area contributed by atoms with Gasteiger partial charge in [0.15, 0.2) is 5.03 Å². The fraction of sp³-hybridized carbons (Fsp3) is 0.526. The first-order chi connectivity index (χ1) is 12.4. The predicted molar refractivity (Wildman–Crippen MR) is 103 cm³/mol. The number of benzene rings is 1. The van der Waals surface area contributed by atoms with Crippen molar-refractivity contribution in [3.63, 3.8) is 0 Å². The molecule has 1 saturated heterocycles. The van der Waals surface area contributed by atoms with Gasteiger partial charge in [-0.2, -0.15) is 4.31 Å². The number of rotatable bonds is 6. The van der Waals surface area contributed by atoms with Gasteiger partial charge in [-0.15, -0.1) is 0 Å². The number of aromatic nitrogens is 2. The van der Waals surface area contributed by atoms with E-state index in [4.69, 9.17) is 0 Å². The minimum absolute atomic E-state index is 0.00756. The second kappa shape index (κ2) is 7.90. The first kappa shape index (κ1) is 19.1. The molecule has 0 aliphatic carbocycles. The summed E-state index contributed by atoms with van der Waals surface area (Å²) in [5, 5.41) is 0.140. The number of hydrogen-bond acceptors (Lipinski definition) is 4. The summed E-state index contributed by atoms with van der Waals surface area (Å²) in [5.74, 6) is 0.699. The number of nitrogens with zero attached hydrogens (tertiary/aromatic N) is 4. The molecular weight excluding hydrogens is 348 g/mol. The van der Waals surface area contributed by atoms with Crippen molar-refractivity contribution in [1.29, 1.82) is 0 Å². The van der Waals surface area contributed by atoms with Gasteiger partial charge in [0.05, 0.1) is 0 Å². The third-order valence-electron chi connectivity index (χ3n) is 5.28. The van der Waals surface area contributed by atoms with Crippen LogP contribution in [0.4, 0.5) is 0 Å². The van der Waals surface area contributed by atoms with Crippen molar-refractivity contribution < 1.29 is 8.42 Å². The van der Waals surface area contributed by atoms with E-state index >= 15 is 0 Å². The Morgan fingerprint density at radius 3 is 2.65 bits per heavy atom. The minimum Gasteiger partial charge on any atom is -0.337 e. The molecule has 1 unspecified atom stereocenters. The summed E-state index contributed by atoms with van der Waals surface area (Å²) in [7, 11) is -0.0581. The van der Waals surface area contributed by atoms with Gasteiger partial charge in [0.1, 0.15) is 5.82 Å². The molecule has 1 fully saturated rings. The molecule has 26 heavy (non-hydrogen) atoms. The maximum Gasteiger partial charge on any atom is 0.262 e. The zero-order valence-corrected chi connectivity index (χ0v) is 16.6. The maximum atomic E-state index is 12.9. The molecule has 3 rings (SSSR count). The van der Waals surface area contributed by atoms with Crippen LogP contribution >= 0.6 is 0 Å². The molecule has 1 aromatic carbocycles. The normalized spacial score (nSPS) is 19.2. The molecule has 0 radical (unpaired) electrons. The van der Waals surface area contributed by atoms with Crippen LogP contribution in [-0.4, -0.2) is 59.9 Å². The van der Waals surface area contributed by atoms with E-state index in [1.165, 1.54) is 9.87 Å². The predicted octanol–water partition coefficient (Wildman–Crippen LogP) is 2.06. The summed E-state index contributed by atoms with van der Waals surface area (Å²) in [5.41, 5.74) is 1.32. The highest BCUT2D eigenvalue weighted by molar-refractivity contribution is 7.89. The van der Waals surface area contributed by atoms with Crippen LogP contribution in [0.3, 0.4) is 0 Å². The monoisotopic (exact) mass is 376 g/mol. The van der Waals surface area contributed by atoms with Gasteiger partial charge in [0.2, 0.25) is 0 Å². The standard InChI is InChI=1S/C19H28N4O2S/c1-16-20-19(15-21(16)2)26(24,25)22(3)18-10-7-12-23(14-18)13-11-17-8-5-4-6-9-17/h4-6,8-9,15,18H,7,10-14H2,1-3H3. The molecule has 6 nitrogen and oxygen atoms in total. The Morgan fingerprint density at radius 1 is 1.27 bits per heavy atom. The molecule has 142 valence electrons. The van der Waals surface area contributed by atoms with Crippen LogP contribution in [0.5, 0.6) is 0 Å². The van der Waals surface area contributed by atoms with Crippen LogP contribution in [-0.2, 0) is 23.5 Å². The van der Waals surface area contributed by atoms with E-state index in [0.29, 0.717) is 5.82 Å². The zero-order chi connectivity index (χ0) is 18.7. The van der Waals surface area contributed by atoms with E-state index in [1.54, 1.807) is 17.8 Å². The second-order valence-corrected chi connectivity index (χ2v) is 9.04. The lowest BCUT2D eigenvalue weighted by atomic mass is 10.0. The molecular formula is C19H28N4O2S. The number of hydrogen-bond donors (Lipinski definition) is 0. The van der Waals surface area contributed by atoms with E-state index in [9.17, 15) is 8.42 Å². The van der Waals surface area contributed by atoms with Crippen molar-refractivity contribution in [2.75, 3.05) is 26.7 Å². The molecule has 2 aromatic rings. The van der Waals surface area contributed by atoms with Crippen molar-refractivity contribution in [3.8, 4) is 0 Å². The molecule has 1 aliphatic heterocycles. The highest BCUT2D eigenvalue weighted by Gasteiger charge is 2.32. The maximum absolute atomic E-state index is 12.9. The van der Waals surface area contributed by atoms with E-state index in [2.05, 4.69) is 34.1 Å². The summed E-state index contributed by atoms with van der Waals surface area (Å²) in [6.45, 7) is 4.57. The first-order valence-electron chi connectivity index (χ1n) is 9.12. The van der Waals surface area contributed by atoms with E-state index in [0.717, 1.165) is 38.9 Å². The summed E-state index contributed by atoms with van der Waals surface area (Å²) in [6.07, 6.45) is 4.49. The highest BCUT2D eigenvalue weighted by Crippen LogP contribution is 2.22. The highest BCUT2D eigenvalue weighted by atomic mass is 32.2. The fourth-order valence-corrected chi connectivity index (χ4v) is 4.86. The first-order valence-corrected chi connectivity index (χ1v) is 10.6. The van der Waals surface area contributed by atoms with Crippen molar-refractivity contribution in [1.82, 2.24) is 18.8 Å². The van der Waals surface area contributed by atoms with Gasteiger partial charge in [-0.1, -0.05) is 30.3 Å². The topological polar surface area (TPSA) is 58.4 Å². The minimum atomic E-state index is -3.56. The van der Waals surface area contributed by atoms with Crippen LogP contribution < -0.4 is 0 Å². The molecule has 2 heterocycles. The van der Waals surface area contributed by atoms with E-state index in [-0.39, 0.29) is 11.1 Å². The molecule has 0 amide bonds. The van der Waals surface area contributed by atoms with Crippen LogP contribution in [0.25, 0.3) is 0 Å². The van der Waals surface area contributed by atoms with Crippen molar-refractivity contribution in [2.24, 2.45) is 7.05 Å². The number of aryl methyl sites for hydroxylation is 2. The number of sulfonamides is 1. The van der Waals surface area contributed by atoms with Crippen LogP contribution in [0.2, 0.25) is 0 Å². The third-order valence-corrected chi connectivity index (χ3v) is 7.07. The van der Waals surface area contributed by atoms with Crippen LogP contribution in [0.15, 0.2) is 41.6 Å². The lowest BCUT2D eigenvalue weighted by molar-refractivity contribution is 0.160. The van der Waals surface area contributed by atoms with Crippen molar-refractivity contribution in [2.45, 2.75) is 37.3 Å². The van der Waals surface area contributed by atoms with Gasteiger partial charge in [-0.05, 0) is 38.3 Å². The number of imidazole rings is 1. The lowest BCUT2D eigenvalue weighted by Gasteiger charge is -2.36. The molecule has 1 aromatic heterocycles. The van der Waals surface area contributed by atoms with Gasteiger partial charge in [0.25, 0.3) is 10.0 Å². The van der Waals surface area contributed by atoms with Crippen molar-refractivity contribution >= 4 is 10.0 Å². The number of likely N-dealkylation sites (N-methyl/N-ethyl adjacent to an activating group) is 1. The van der Waals surface area contributed by atoms with Crippen LogP contribution in [0.1, 0.15) is 24.2 Å². The molecule has 1 atom stereocenters. The molecule has 0 spiro atoms. The second-order valence-electron chi connectivity index (χ2n) is 7.09. The molecule has 0 saturated carbocycles.